The van der Waals surface area contributed by atoms with E-state index in [0.717, 1.165) is 10.4 Å². The van der Waals surface area contributed by atoms with Crippen LogP contribution in [0.2, 0.25) is 0 Å². The summed E-state index contributed by atoms with van der Waals surface area (Å²) < 4.78 is 6.88. The van der Waals surface area contributed by atoms with E-state index in [9.17, 15) is 4.79 Å². The number of hydrogen-bond donors (Lipinski definition) is 1. The van der Waals surface area contributed by atoms with Crippen LogP contribution in [0.15, 0.2) is 45.1 Å². The third-order valence-electron chi connectivity index (χ3n) is 3.53. The smallest absolute Gasteiger partial charge is 0.280 e. The first-order valence-electron chi connectivity index (χ1n) is 7.84. The van der Waals surface area contributed by atoms with Gasteiger partial charge in [0.05, 0.1) is 24.0 Å². The first kappa shape index (κ1) is 16.6. The molecule has 10 heteroatoms. The monoisotopic (exact) mass is 386 g/mol. The standard InChI is InChI=1S/C16H14N6O2S2/c23-14(8-11-3-7-25-10-11)17-4-5-22-9-12(19-21-22)16-18-15(20-24-16)13-2-1-6-26-13/h1-3,6-7,9-10H,4-5,8H2,(H,17,23). The highest BCUT2D eigenvalue weighted by atomic mass is 32.1. The number of hydrogen-bond acceptors (Lipinski definition) is 8. The molecule has 4 aromatic rings. The Morgan fingerprint density at radius 3 is 3.08 bits per heavy atom. The summed E-state index contributed by atoms with van der Waals surface area (Å²) >= 11 is 3.12. The number of nitrogens with zero attached hydrogens (tertiary/aromatic N) is 5. The molecule has 1 amide bonds. The van der Waals surface area contributed by atoms with Gasteiger partial charge in [-0.15, -0.1) is 16.4 Å². The van der Waals surface area contributed by atoms with Gasteiger partial charge in [0.25, 0.3) is 5.89 Å². The number of aromatic nitrogens is 5. The molecule has 0 spiro atoms. The van der Waals surface area contributed by atoms with Crippen LogP contribution in [0.5, 0.6) is 0 Å². The van der Waals surface area contributed by atoms with Gasteiger partial charge in [0, 0.05) is 6.54 Å². The number of carbonyl (C=O) groups is 1. The fourth-order valence-corrected chi connectivity index (χ4v) is 3.61. The summed E-state index contributed by atoms with van der Waals surface area (Å²) in [5.74, 6) is 0.840. The minimum atomic E-state index is -0.0128. The van der Waals surface area contributed by atoms with Crippen LogP contribution in [0.4, 0.5) is 0 Å². The largest absolute Gasteiger partial charge is 0.354 e. The highest BCUT2D eigenvalue weighted by Gasteiger charge is 2.14. The molecule has 1 N–H and O–H groups in total. The van der Waals surface area contributed by atoms with Gasteiger partial charge < -0.3 is 9.84 Å². The molecule has 0 saturated heterocycles. The van der Waals surface area contributed by atoms with Gasteiger partial charge >= 0.3 is 0 Å². The van der Waals surface area contributed by atoms with Crippen LogP contribution in [0.3, 0.4) is 0 Å². The lowest BCUT2D eigenvalue weighted by Gasteiger charge is -2.03. The van der Waals surface area contributed by atoms with Crippen LogP contribution in [-0.2, 0) is 17.8 Å². The van der Waals surface area contributed by atoms with Crippen molar-refractivity contribution in [2.45, 2.75) is 13.0 Å². The normalized spacial score (nSPS) is 10.9. The second-order valence-corrected chi connectivity index (χ2v) is 7.15. The molecular formula is C16H14N6O2S2. The summed E-state index contributed by atoms with van der Waals surface area (Å²) in [6.45, 7) is 0.977. The third kappa shape index (κ3) is 3.86. The summed E-state index contributed by atoms with van der Waals surface area (Å²) in [6.07, 6.45) is 2.11. The summed E-state index contributed by atoms with van der Waals surface area (Å²) in [7, 11) is 0. The minimum Gasteiger partial charge on any atom is -0.354 e. The maximum Gasteiger partial charge on any atom is 0.280 e. The fourth-order valence-electron chi connectivity index (χ4n) is 2.29. The van der Waals surface area contributed by atoms with Gasteiger partial charge in [0.1, 0.15) is 0 Å². The van der Waals surface area contributed by atoms with E-state index in [0.29, 0.717) is 36.9 Å². The number of rotatable bonds is 7. The molecule has 0 aromatic carbocycles. The molecule has 26 heavy (non-hydrogen) atoms. The highest BCUT2D eigenvalue weighted by Crippen LogP contribution is 2.24. The first-order valence-corrected chi connectivity index (χ1v) is 9.66. The molecule has 0 aliphatic rings. The molecule has 4 heterocycles. The molecule has 0 radical (unpaired) electrons. The second-order valence-electron chi connectivity index (χ2n) is 5.43. The van der Waals surface area contributed by atoms with Gasteiger partial charge in [0.2, 0.25) is 11.7 Å². The van der Waals surface area contributed by atoms with Crippen LogP contribution in [-0.4, -0.2) is 37.6 Å². The molecule has 4 rings (SSSR count). The quantitative estimate of drug-likeness (QED) is 0.524. The van der Waals surface area contributed by atoms with Crippen molar-refractivity contribution in [1.29, 1.82) is 0 Å². The predicted molar refractivity (Wildman–Crippen MR) is 97.7 cm³/mol. The first-order chi connectivity index (χ1) is 12.8. The maximum absolute atomic E-state index is 11.9. The van der Waals surface area contributed by atoms with Gasteiger partial charge in [-0.1, -0.05) is 16.4 Å². The van der Waals surface area contributed by atoms with E-state index in [1.165, 1.54) is 11.3 Å². The Hall–Kier alpha value is -2.85. The Balaban J connectivity index is 1.31. The lowest BCUT2D eigenvalue weighted by Crippen LogP contribution is -2.28. The van der Waals surface area contributed by atoms with Crippen molar-refractivity contribution in [3.63, 3.8) is 0 Å². The van der Waals surface area contributed by atoms with Crippen molar-refractivity contribution in [1.82, 2.24) is 30.5 Å². The Labute approximate surface area is 156 Å². The SMILES string of the molecule is O=C(Cc1ccsc1)NCCn1cc(-c2nc(-c3cccs3)no2)nn1. The molecule has 0 bridgehead atoms. The zero-order valence-corrected chi connectivity index (χ0v) is 15.2. The molecule has 0 aliphatic carbocycles. The molecule has 8 nitrogen and oxygen atoms in total. The second kappa shape index (κ2) is 7.58. The minimum absolute atomic E-state index is 0.0128. The van der Waals surface area contributed by atoms with Gasteiger partial charge in [-0.2, -0.15) is 16.3 Å². The molecule has 0 fully saturated rings. The Bertz CT molecular complexity index is 974. The Morgan fingerprint density at radius 1 is 1.31 bits per heavy atom. The average Bonchev–Trinajstić information content (AvgIpc) is 3.40. The summed E-state index contributed by atoms with van der Waals surface area (Å²) in [5, 5.41) is 20.8. The maximum atomic E-state index is 11.9. The van der Waals surface area contributed by atoms with Crippen molar-refractivity contribution >= 4 is 28.6 Å². The van der Waals surface area contributed by atoms with Crippen LogP contribution in [0.1, 0.15) is 5.56 Å². The summed E-state index contributed by atoms with van der Waals surface area (Å²) in [6, 6.07) is 5.80. The Morgan fingerprint density at radius 2 is 2.27 bits per heavy atom. The zero-order valence-electron chi connectivity index (χ0n) is 13.5. The predicted octanol–water partition coefficient (Wildman–Crippen LogP) is 2.48. The molecular weight excluding hydrogens is 372 g/mol. The highest BCUT2D eigenvalue weighted by molar-refractivity contribution is 7.13. The zero-order chi connectivity index (χ0) is 17.8. The number of thiophene rings is 2. The Kier molecular flexibility index (Phi) is 4.84. The van der Waals surface area contributed by atoms with Crippen LogP contribution < -0.4 is 5.32 Å². The van der Waals surface area contributed by atoms with Crippen LogP contribution in [0.25, 0.3) is 22.3 Å². The number of nitrogens with one attached hydrogen (secondary N) is 1. The van der Waals surface area contributed by atoms with E-state index in [4.69, 9.17) is 4.52 Å². The van der Waals surface area contributed by atoms with Gasteiger partial charge in [0.15, 0.2) is 5.69 Å². The van der Waals surface area contributed by atoms with E-state index in [2.05, 4.69) is 25.8 Å². The van der Waals surface area contributed by atoms with Crippen molar-refractivity contribution in [3.8, 4) is 22.3 Å². The van der Waals surface area contributed by atoms with Gasteiger partial charge in [-0.25, -0.2) is 4.68 Å². The summed E-state index contributed by atoms with van der Waals surface area (Å²) in [4.78, 5) is 17.1. The van der Waals surface area contributed by atoms with E-state index in [1.54, 1.807) is 22.2 Å². The van der Waals surface area contributed by atoms with Crippen molar-refractivity contribution < 1.29 is 9.32 Å². The molecule has 0 aliphatic heterocycles. The van der Waals surface area contributed by atoms with Gasteiger partial charge in [-0.3, -0.25) is 4.79 Å². The lowest BCUT2D eigenvalue weighted by atomic mass is 10.2. The van der Waals surface area contributed by atoms with Crippen molar-refractivity contribution in [3.05, 3.63) is 46.1 Å². The topological polar surface area (TPSA) is 98.7 Å². The number of carbonyl (C=O) groups excluding carboxylic acids is 1. The molecule has 0 atom stereocenters. The fraction of sp³-hybridized carbons (Fsp3) is 0.188. The van der Waals surface area contributed by atoms with E-state index in [-0.39, 0.29) is 5.91 Å². The summed E-state index contributed by atoms with van der Waals surface area (Å²) in [5.41, 5.74) is 1.53. The van der Waals surface area contributed by atoms with Crippen molar-refractivity contribution in [2.75, 3.05) is 6.54 Å². The van der Waals surface area contributed by atoms with Crippen LogP contribution >= 0.6 is 22.7 Å². The molecule has 0 unspecified atom stereocenters. The number of amides is 1. The van der Waals surface area contributed by atoms with E-state index < -0.39 is 0 Å². The van der Waals surface area contributed by atoms with E-state index >= 15 is 0 Å². The van der Waals surface area contributed by atoms with Crippen molar-refractivity contribution in [2.24, 2.45) is 0 Å². The van der Waals surface area contributed by atoms with E-state index in [1.807, 2.05) is 34.3 Å². The average molecular weight is 386 g/mol. The molecule has 132 valence electrons. The van der Waals surface area contributed by atoms with Crippen LogP contribution in [0, 0.1) is 0 Å². The molecule has 0 saturated carbocycles. The lowest BCUT2D eigenvalue weighted by molar-refractivity contribution is -0.120. The molecule has 4 aromatic heterocycles. The van der Waals surface area contributed by atoms with Gasteiger partial charge in [-0.05, 0) is 33.8 Å². The third-order valence-corrected chi connectivity index (χ3v) is 5.13.